The zero-order valence-electron chi connectivity index (χ0n) is 17.0. The summed E-state index contributed by atoms with van der Waals surface area (Å²) in [4.78, 5) is 17.1. The van der Waals surface area contributed by atoms with Crippen LogP contribution in [0.5, 0.6) is 5.75 Å². The molecule has 1 aliphatic rings. The molecule has 0 aliphatic carbocycles. The van der Waals surface area contributed by atoms with Crippen molar-refractivity contribution in [3.05, 3.63) is 41.1 Å². The number of unbranched alkanes of at least 4 members (excludes halogenated alkanes) is 1. The third-order valence-corrected chi connectivity index (χ3v) is 5.51. The number of nitrogens with zero attached hydrogens (tertiary/aromatic N) is 3. The quantitative estimate of drug-likeness (QED) is 0.480. The number of carbonyl (C=O) groups is 1. The van der Waals surface area contributed by atoms with E-state index in [1.807, 2.05) is 35.9 Å². The molecule has 1 atom stereocenters. The number of Topliss-reactive ketones (excluding diaryl/α,β-unsaturated/α-hetero) is 1. The second-order valence-electron chi connectivity index (χ2n) is 6.91. The van der Waals surface area contributed by atoms with Crippen LogP contribution < -0.4 is 10.1 Å². The van der Waals surface area contributed by atoms with Gasteiger partial charge in [0.1, 0.15) is 11.8 Å². The number of hydrogen-bond acceptors (Lipinski definition) is 6. The van der Waals surface area contributed by atoms with Crippen molar-refractivity contribution in [3.8, 4) is 5.75 Å². The summed E-state index contributed by atoms with van der Waals surface area (Å²) >= 11 is 1.65. The highest BCUT2D eigenvalue weighted by molar-refractivity contribution is 7.99. The number of benzene rings is 1. The van der Waals surface area contributed by atoms with Gasteiger partial charge in [0.15, 0.2) is 5.78 Å². The van der Waals surface area contributed by atoms with Crippen molar-refractivity contribution in [2.45, 2.75) is 58.2 Å². The van der Waals surface area contributed by atoms with Gasteiger partial charge in [-0.1, -0.05) is 44.2 Å². The fraction of sp³-hybridized carbons (Fsp3) is 0.476. The maximum atomic E-state index is 12.5. The lowest BCUT2D eigenvalue weighted by Crippen LogP contribution is -2.27. The van der Waals surface area contributed by atoms with E-state index in [4.69, 9.17) is 9.84 Å². The number of rotatable bonds is 9. The van der Waals surface area contributed by atoms with Crippen LogP contribution in [0.1, 0.15) is 58.6 Å². The second-order valence-corrected chi connectivity index (χ2v) is 7.97. The first-order valence-electron chi connectivity index (χ1n) is 9.86. The fourth-order valence-electron chi connectivity index (χ4n) is 3.26. The van der Waals surface area contributed by atoms with Crippen molar-refractivity contribution in [1.82, 2.24) is 14.8 Å². The number of thioether (sulfide) groups is 1. The van der Waals surface area contributed by atoms with E-state index in [1.54, 1.807) is 18.7 Å². The van der Waals surface area contributed by atoms with Gasteiger partial charge in [-0.3, -0.25) is 4.79 Å². The van der Waals surface area contributed by atoms with Crippen molar-refractivity contribution in [2.24, 2.45) is 0 Å². The van der Waals surface area contributed by atoms with Crippen LogP contribution in [-0.2, 0) is 4.79 Å². The molecule has 0 saturated carbocycles. The largest absolute Gasteiger partial charge is 0.494 e. The first-order valence-corrected chi connectivity index (χ1v) is 10.8. The molecule has 1 N–H and O–H groups in total. The number of hydrogen-bond donors (Lipinski definition) is 1. The standard InChI is InChI=1S/C21H28N4O2S/c1-5-7-12-28-21-23-20-22-14(3)18(15(4)26)19(25(20)24-21)16-9-8-10-17(13-16)27-11-6-2/h8-10,13,19H,5-7,11-12H2,1-4H3,(H,22,23,24). The van der Waals surface area contributed by atoms with Crippen molar-refractivity contribution < 1.29 is 9.53 Å². The van der Waals surface area contributed by atoms with Crippen LogP contribution >= 0.6 is 11.8 Å². The topological polar surface area (TPSA) is 69.0 Å². The predicted molar refractivity (Wildman–Crippen MR) is 113 cm³/mol. The monoisotopic (exact) mass is 400 g/mol. The molecule has 6 nitrogen and oxygen atoms in total. The Hall–Kier alpha value is -2.28. The van der Waals surface area contributed by atoms with Crippen LogP contribution in [0.3, 0.4) is 0 Å². The number of allylic oxidation sites excluding steroid dienone is 2. The molecule has 150 valence electrons. The molecule has 0 fully saturated rings. The lowest BCUT2D eigenvalue weighted by molar-refractivity contribution is -0.114. The maximum absolute atomic E-state index is 12.5. The first kappa shape index (κ1) is 20.5. The summed E-state index contributed by atoms with van der Waals surface area (Å²) in [6, 6.07) is 7.60. The fourth-order valence-corrected chi connectivity index (χ4v) is 4.17. The summed E-state index contributed by atoms with van der Waals surface area (Å²) in [5, 5.41) is 8.71. The summed E-state index contributed by atoms with van der Waals surface area (Å²) in [5.74, 6) is 2.48. The molecular formula is C21H28N4O2S. The van der Waals surface area contributed by atoms with Crippen molar-refractivity contribution >= 4 is 23.5 Å². The van der Waals surface area contributed by atoms with Crippen LogP contribution in [0.2, 0.25) is 0 Å². The van der Waals surface area contributed by atoms with Gasteiger partial charge in [-0.25, -0.2) is 4.68 Å². The highest BCUT2D eigenvalue weighted by atomic mass is 32.2. The number of carbonyl (C=O) groups excluding carboxylic acids is 1. The van der Waals surface area contributed by atoms with Gasteiger partial charge in [0, 0.05) is 17.0 Å². The van der Waals surface area contributed by atoms with Gasteiger partial charge in [-0.05, 0) is 44.4 Å². The van der Waals surface area contributed by atoms with Crippen molar-refractivity contribution in [3.63, 3.8) is 0 Å². The van der Waals surface area contributed by atoms with E-state index in [0.29, 0.717) is 18.1 Å². The number of ether oxygens (including phenoxy) is 1. The highest BCUT2D eigenvalue weighted by Crippen LogP contribution is 2.37. The number of aromatic nitrogens is 3. The van der Waals surface area contributed by atoms with Crippen molar-refractivity contribution in [2.75, 3.05) is 17.7 Å². The Kier molecular flexibility index (Phi) is 6.78. The minimum absolute atomic E-state index is 0.0243. The summed E-state index contributed by atoms with van der Waals surface area (Å²) in [6.07, 6.45) is 3.21. The van der Waals surface area contributed by atoms with Crippen molar-refractivity contribution in [1.29, 1.82) is 0 Å². The Labute approximate surface area is 170 Å². The lowest BCUT2D eigenvalue weighted by atomic mass is 9.93. The maximum Gasteiger partial charge on any atom is 0.227 e. The average Bonchev–Trinajstić information content (AvgIpc) is 3.07. The number of nitrogens with one attached hydrogen (secondary N) is 1. The number of fused-ring (bicyclic) bond motifs is 1. The smallest absolute Gasteiger partial charge is 0.227 e. The van der Waals surface area contributed by atoms with E-state index in [-0.39, 0.29) is 11.8 Å². The Morgan fingerprint density at radius 3 is 2.86 bits per heavy atom. The van der Waals surface area contributed by atoms with Gasteiger partial charge in [-0.15, -0.1) is 5.10 Å². The van der Waals surface area contributed by atoms with E-state index >= 15 is 0 Å². The summed E-state index contributed by atoms with van der Waals surface area (Å²) in [7, 11) is 0. The third-order valence-electron chi connectivity index (χ3n) is 4.59. The Balaban J connectivity index is 2.00. The van der Waals surface area contributed by atoms with Crippen LogP contribution in [0.15, 0.2) is 40.7 Å². The molecule has 0 amide bonds. The first-order chi connectivity index (χ1) is 13.5. The van der Waals surface area contributed by atoms with E-state index in [1.165, 1.54) is 0 Å². The van der Waals surface area contributed by atoms with Gasteiger partial charge in [0.05, 0.1) is 6.61 Å². The molecule has 2 heterocycles. The summed E-state index contributed by atoms with van der Waals surface area (Å²) in [6.45, 7) is 8.43. The molecule has 1 unspecified atom stereocenters. The molecule has 0 radical (unpaired) electrons. The lowest BCUT2D eigenvalue weighted by Gasteiger charge is -2.28. The molecule has 1 aromatic heterocycles. The van der Waals surface area contributed by atoms with E-state index in [2.05, 4.69) is 24.1 Å². The zero-order valence-corrected chi connectivity index (χ0v) is 17.8. The number of anilines is 1. The highest BCUT2D eigenvalue weighted by Gasteiger charge is 2.32. The van der Waals surface area contributed by atoms with E-state index < -0.39 is 0 Å². The molecule has 0 bridgehead atoms. The molecular weight excluding hydrogens is 372 g/mol. The average molecular weight is 401 g/mol. The van der Waals surface area contributed by atoms with Gasteiger partial charge in [-0.2, -0.15) is 4.98 Å². The Morgan fingerprint density at radius 1 is 1.32 bits per heavy atom. The molecule has 3 rings (SSSR count). The van der Waals surface area contributed by atoms with E-state index in [0.717, 1.165) is 47.2 Å². The SMILES string of the molecule is CCCCSc1nc2n(n1)C(c1cccc(OCCC)c1)C(C(C)=O)=C(C)N2. The van der Waals surface area contributed by atoms with Gasteiger partial charge in [0.2, 0.25) is 11.1 Å². The van der Waals surface area contributed by atoms with E-state index in [9.17, 15) is 4.79 Å². The van der Waals surface area contributed by atoms with Gasteiger partial charge in [0.25, 0.3) is 0 Å². The minimum Gasteiger partial charge on any atom is -0.494 e. The molecule has 0 spiro atoms. The third kappa shape index (κ3) is 4.41. The Morgan fingerprint density at radius 2 is 2.14 bits per heavy atom. The normalized spacial score (nSPS) is 15.9. The number of ketones is 1. The predicted octanol–water partition coefficient (Wildman–Crippen LogP) is 4.84. The summed E-state index contributed by atoms with van der Waals surface area (Å²) < 4.78 is 7.63. The Bertz CT molecular complexity index is 875. The second kappa shape index (κ2) is 9.28. The van der Waals surface area contributed by atoms with Gasteiger partial charge >= 0.3 is 0 Å². The van der Waals surface area contributed by atoms with Crippen LogP contribution in [-0.4, -0.2) is 32.9 Å². The van der Waals surface area contributed by atoms with Crippen LogP contribution in [0, 0.1) is 0 Å². The molecule has 1 aliphatic heterocycles. The van der Waals surface area contributed by atoms with Crippen LogP contribution in [0.4, 0.5) is 5.95 Å². The minimum atomic E-state index is -0.313. The molecule has 2 aromatic rings. The van der Waals surface area contributed by atoms with Gasteiger partial charge < -0.3 is 10.1 Å². The zero-order chi connectivity index (χ0) is 20.1. The summed E-state index contributed by atoms with van der Waals surface area (Å²) in [5.41, 5.74) is 2.49. The van der Waals surface area contributed by atoms with Crippen LogP contribution in [0.25, 0.3) is 0 Å². The molecule has 28 heavy (non-hydrogen) atoms. The molecule has 0 saturated heterocycles. The molecule has 7 heteroatoms. The molecule has 1 aromatic carbocycles.